The highest BCUT2D eigenvalue weighted by Crippen LogP contribution is 2.22. The summed E-state index contributed by atoms with van der Waals surface area (Å²) in [4.78, 5) is 0. The lowest BCUT2D eigenvalue weighted by Gasteiger charge is -1.90. The molecule has 1 aromatic heterocycles. The van der Waals surface area contributed by atoms with Crippen molar-refractivity contribution in [1.29, 1.82) is 0 Å². The first-order chi connectivity index (χ1) is 5.68. The maximum Gasteiger partial charge on any atom is 0.168 e. The van der Waals surface area contributed by atoms with E-state index in [1.807, 2.05) is 6.92 Å². The molecule has 1 N–H and O–H groups in total. The van der Waals surface area contributed by atoms with Gasteiger partial charge in [-0.05, 0) is 24.6 Å². The Morgan fingerprint density at radius 3 is 2.92 bits per heavy atom. The van der Waals surface area contributed by atoms with Crippen molar-refractivity contribution in [2.75, 3.05) is 0 Å². The third-order valence-corrected chi connectivity index (χ3v) is 1.96. The van der Waals surface area contributed by atoms with Gasteiger partial charge in [-0.25, -0.2) is 0 Å². The maximum atomic E-state index is 9.13. The zero-order valence-corrected chi connectivity index (χ0v) is 6.66. The zero-order chi connectivity index (χ0) is 8.72. The summed E-state index contributed by atoms with van der Waals surface area (Å²) in [5, 5.41) is 10.1. The largest absolute Gasteiger partial charge is 0.508 e. The first-order valence-electron chi connectivity index (χ1n) is 3.66. The Kier molecular flexibility index (Phi) is 1.40. The number of hydrogen-bond donors (Lipinski definition) is 1. The van der Waals surface area contributed by atoms with Crippen LogP contribution in [0.3, 0.4) is 0 Å². The molecule has 2 rings (SSSR count). The number of phenols is 1. The van der Waals surface area contributed by atoms with Crippen LogP contribution in [-0.2, 0) is 0 Å². The van der Waals surface area contributed by atoms with E-state index in [1.54, 1.807) is 18.2 Å². The molecule has 0 unspecified atom stereocenters. The number of aromatic hydroxyl groups is 1. The number of fused-ring (bicyclic) bond motifs is 1. The molecule has 12 heavy (non-hydrogen) atoms. The van der Waals surface area contributed by atoms with E-state index in [0.717, 1.165) is 10.9 Å². The number of hydrogen-bond acceptors (Lipinski definition) is 2. The van der Waals surface area contributed by atoms with Crippen LogP contribution < -0.4 is 5.66 Å². The van der Waals surface area contributed by atoms with Crippen molar-refractivity contribution in [3.8, 4) is 5.75 Å². The van der Waals surface area contributed by atoms with Crippen LogP contribution in [0, 0.1) is 6.92 Å². The van der Waals surface area contributed by atoms with Crippen LogP contribution in [0.25, 0.3) is 11.0 Å². The standard InChI is InChI=1S/C9H7BO2/c1-5-7-3-2-6(11)4-8(7)12-9(5)10/h2-4,11H,1H3. The Balaban J connectivity index is 2.87. The second kappa shape index (κ2) is 2.30. The lowest BCUT2D eigenvalue weighted by atomic mass is 10.0. The van der Waals surface area contributed by atoms with Crippen LogP contribution in [0.15, 0.2) is 22.6 Å². The van der Waals surface area contributed by atoms with Crippen molar-refractivity contribution in [3.63, 3.8) is 0 Å². The third kappa shape index (κ3) is 0.898. The molecule has 1 heterocycles. The van der Waals surface area contributed by atoms with E-state index in [2.05, 4.69) is 0 Å². The zero-order valence-electron chi connectivity index (χ0n) is 6.66. The van der Waals surface area contributed by atoms with Gasteiger partial charge in [-0.2, -0.15) is 0 Å². The molecule has 2 nitrogen and oxygen atoms in total. The highest BCUT2D eigenvalue weighted by atomic mass is 16.3. The van der Waals surface area contributed by atoms with Crippen molar-refractivity contribution in [3.05, 3.63) is 23.8 Å². The fourth-order valence-corrected chi connectivity index (χ4v) is 1.23. The fourth-order valence-electron chi connectivity index (χ4n) is 1.23. The fraction of sp³-hybridized carbons (Fsp3) is 0.111. The van der Waals surface area contributed by atoms with Gasteiger partial charge in [0.25, 0.3) is 0 Å². The lowest BCUT2D eigenvalue weighted by molar-refractivity contribution is 0.475. The van der Waals surface area contributed by atoms with Crippen molar-refractivity contribution >= 4 is 24.5 Å². The Labute approximate surface area is 71.2 Å². The van der Waals surface area contributed by atoms with Gasteiger partial charge in [-0.15, -0.1) is 0 Å². The topological polar surface area (TPSA) is 33.4 Å². The van der Waals surface area contributed by atoms with Crippen LogP contribution in [0.5, 0.6) is 5.75 Å². The molecule has 0 aliphatic rings. The van der Waals surface area contributed by atoms with Gasteiger partial charge in [0.05, 0.1) is 5.66 Å². The van der Waals surface area contributed by atoms with Crippen LogP contribution in [-0.4, -0.2) is 13.0 Å². The molecule has 2 radical (unpaired) electrons. The van der Waals surface area contributed by atoms with E-state index in [0.29, 0.717) is 11.2 Å². The second-order valence-corrected chi connectivity index (χ2v) is 2.77. The minimum Gasteiger partial charge on any atom is -0.508 e. The van der Waals surface area contributed by atoms with Crippen LogP contribution in [0.1, 0.15) is 5.56 Å². The van der Waals surface area contributed by atoms with Gasteiger partial charge in [-0.1, -0.05) is 0 Å². The summed E-state index contributed by atoms with van der Waals surface area (Å²) in [6.45, 7) is 1.89. The van der Waals surface area contributed by atoms with Crippen molar-refractivity contribution in [1.82, 2.24) is 0 Å². The molecular formula is C9H7BO2. The Morgan fingerprint density at radius 2 is 2.17 bits per heavy atom. The van der Waals surface area contributed by atoms with Gasteiger partial charge in [0.1, 0.15) is 11.3 Å². The van der Waals surface area contributed by atoms with Gasteiger partial charge in [0.2, 0.25) is 0 Å². The minimum atomic E-state index is 0.191. The average molecular weight is 158 g/mol. The Bertz CT molecular complexity index is 431. The summed E-state index contributed by atoms with van der Waals surface area (Å²) < 4.78 is 5.20. The molecule has 0 fully saturated rings. The van der Waals surface area contributed by atoms with Crippen molar-refractivity contribution in [2.45, 2.75) is 6.92 Å². The molecule has 0 spiro atoms. The first kappa shape index (κ1) is 7.28. The molecule has 58 valence electrons. The highest BCUT2D eigenvalue weighted by Gasteiger charge is 2.05. The number of furan rings is 1. The van der Waals surface area contributed by atoms with E-state index in [1.165, 1.54) is 0 Å². The normalized spacial score (nSPS) is 10.8. The molecular weight excluding hydrogens is 151 g/mol. The molecule has 3 heteroatoms. The minimum absolute atomic E-state index is 0.191. The van der Waals surface area contributed by atoms with Gasteiger partial charge in [-0.3, -0.25) is 0 Å². The van der Waals surface area contributed by atoms with Crippen LogP contribution >= 0.6 is 0 Å². The maximum absolute atomic E-state index is 9.13. The molecule has 0 saturated carbocycles. The van der Waals surface area contributed by atoms with Gasteiger partial charge in [0, 0.05) is 11.5 Å². The summed E-state index contributed by atoms with van der Waals surface area (Å²) in [6.07, 6.45) is 0. The summed E-state index contributed by atoms with van der Waals surface area (Å²) in [6, 6.07) is 4.96. The summed E-state index contributed by atoms with van der Waals surface area (Å²) >= 11 is 0. The summed E-state index contributed by atoms with van der Waals surface area (Å²) in [7, 11) is 5.55. The second-order valence-electron chi connectivity index (χ2n) is 2.77. The highest BCUT2D eigenvalue weighted by molar-refractivity contribution is 6.32. The van der Waals surface area contributed by atoms with E-state index >= 15 is 0 Å². The summed E-state index contributed by atoms with van der Waals surface area (Å²) in [5.74, 6) is 0.191. The van der Waals surface area contributed by atoms with Crippen LogP contribution in [0.4, 0.5) is 0 Å². The number of rotatable bonds is 0. The van der Waals surface area contributed by atoms with Gasteiger partial charge in [0.15, 0.2) is 7.85 Å². The van der Waals surface area contributed by atoms with E-state index in [-0.39, 0.29) is 5.75 Å². The van der Waals surface area contributed by atoms with Gasteiger partial charge >= 0.3 is 0 Å². The molecule has 1 aromatic carbocycles. The van der Waals surface area contributed by atoms with Gasteiger partial charge < -0.3 is 9.52 Å². The number of aryl methyl sites for hydroxylation is 1. The Morgan fingerprint density at radius 1 is 1.42 bits per heavy atom. The lowest BCUT2D eigenvalue weighted by Crippen LogP contribution is -1.99. The first-order valence-corrected chi connectivity index (χ1v) is 3.66. The molecule has 0 amide bonds. The molecule has 0 bridgehead atoms. The number of benzene rings is 1. The predicted molar refractivity (Wildman–Crippen MR) is 48.0 cm³/mol. The third-order valence-electron chi connectivity index (χ3n) is 1.96. The smallest absolute Gasteiger partial charge is 0.168 e. The van der Waals surface area contributed by atoms with E-state index in [4.69, 9.17) is 17.4 Å². The number of phenolic OH excluding ortho intramolecular Hbond substituents is 1. The van der Waals surface area contributed by atoms with E-state index in [9.17, 15) is 0 Å². The monoisotopic (exact) mass is 158 g/mol. The van der Waals surface area contributed by atoms with Crippen molar-refractivity contribution < 1.29 is 9.52 Å². The predicted octanol–water partition coefficient (Wildman–Crippen LogP) is 1.24. The Hall–Kier alpha value is -1.38. The molecule has 0 aliphatic carbocycles. The van der Waals surface area contributed by atoms with Crippen molar-refractivity contribution in [2.24, 2.45) is 0 Å². The molecule has 0 aliphatic heterocycles. The van der Waals surface area contributed by atoms with Crippen LogP contribution in [0.2, 0.25) is 0 Å². The van der Waals surface area contributed by atoms with E-state index < -0.39 is 0 Å². The molecule has 2 aromatic rings. The average Bonchev–Trinajstić information content (AvgIpc) is 2.28. The quantitative estimate of drug-likeness (QED) is 0.585. The SMILES string of the molecule is [B]c1oc2cc(O)ccc2c1C. The summed E-state index contributed by atoms with van der Waals surface area (Å²) in [5.41, 5.74) is 1.96. The molecule has 0 atom stereocenters. The molecule has 0 saturated heterocycles.